The Morgan fingerprint density at radius 1 is 1.10 bits per heavy atom. The number of nitrogens with one attached hydrogen (secondary N) is 1. The number of hydrogen-bond donors (Lipinski definition) is 1. The first kappa shape index (κ1) is 22.1. The van der Waals surface area contributed by atoms with Crippen LogP contribution in [0.3, 0.4) is 0 Å². The Kier molecular flexibility index (Phi) is 6.99. The molecule has 0 saturated heterocycles. The van der Waals surface area contributed by atoms with Crippen LogP contribution >= 0.6 is 0 Å². The van der Waals surface area contributed by atoms with Crippen molar-refractivity contribution in [2.75, 3.05) is 32.2 Å². The molecule has 2 aromatic rings. The second-order valence-corrected chi connectivity index (χ2v) is 8.90. The predicted molar refractivity (Wildman–Crippen MR) is 116 cm³/mol. The van der Waals surface area contributed by atoms with E-state index in [4.69, 9.17) is 9.47 Å². The Hall–Kier alpha value is -2.58. The molecule has 0 aliphatic carbocycles. The highest BCUT2D eigenvalue weighted by molar-refractivity contribution is 7.89. The third kappa shape index (κ3) is 4.76. The van der Waals surface area contributed by atoms with Crippen molar-refractivity contribution in [3.8, 4) is 11.5 Å². The largest absolute Gasteiger partial charge is 0.493 e. The van der Waals surface area contributed by atoms with Gasteiger partial charge in [-0.15, -0.1) is 0 Å². The van der Waals surface area contributed by atoms with E-state index in [1.807, 2.05) is 25.1 Å². The summed E-state index contributed by atoms with van der Waals surface area (Å²) in [6, 6.07) is 10.7. The number of hydrogen-bond acceptors (Lipinski definition) is 5. The first-order chi connectivity index (χ1) is 14.4. The molecule has 8 heteroatoms. The Morgan fingerprint density at radius 2 is 1.87 bits per heavy atom. The van der Waals surface area contributed by atoms with Gasteiger partial charge in [0.15, 0.2) is 11.5 Å². The van der Waals surface area contributed by atoms with E-state index in [9.17, 15) is 13.2 Å². The Morgan fingerprint density at radius 3 is 2.57 bits per heavy atom. The fraction of sp³-hybridized carbons (Fsp3) is 0.409. The molecule has 0 bridgehead atoms. The van der Waals surface area contributed by atoms with Gasteiger partial charge in [-0.05, 0) is 60.7 Å². The van der Waals surface area contributed by atoms with Gasteiger partial charge in [0.25, 0.3) is 0 Å². The van der Waals surface area contributed by atoms with Crippen LogP contribution in [0, 0.1) is 0 Å². The molecule has 1 heterocycles. The lowest BCUT2D eigenvalue weighted by Gasteiger charge is -2.16. The van der Waals surface area contributed by atoms with Gasteiger partial charge in [-0.2, -0.15) is 0 Å². The summed E-state index contributed by atoms with van der Waals surface area (Å²) in [5.74, 6) is 1.37. The molecule has 1 amide bonds. The number of carbonyl (C=O) groups excluding carboxylic acids is 1. The summed E-state index contributed by atoms with van der Waals surface area (Å²) >= 11 is 0. The van der Waals surface area contributed by atoms with E-state index < -0.39 is 10.0 Å². The third-order valence-electron chi connectivity index (χ3n) is 5.24. The minimum absolute atomic E-state index is 0.0534. The van der Waals surface area contributed by atoms with E-state index in [2.05, 4.69) is 4.72 Å². The van der Waals surface area contributed by atoms with Gasteiger partial charge < -0.3 is 14.4 Å². The lowest BCUT2D eigenvalue weighted by atomic mass is 10.1. The van der Waals surface area contributed by atoms with Gasteiger partial charge in [0.1, 0.15) is 0 Å². The zero-order valence-electron chi connectivity index (χ0n) is 17.6. The van der Waals surface area contributed by atoms with Crippen LogP contribution in [0.4, 0.5) is 5.69 Å². The maximum absolute atomic E-state index is 12.7. The summed E-state index contributed by atoms with van der Waals surface area (Å²) in [4.78, 5) is 14.0. The molecule has 1 aliphatic heterocycles. The second-order valence-electron chi connectivity index (χ2n) is 7.13. The average molecular weight is 433 g/mol. The fourth-order valence-corrected chi connectivity index (χ4v) is 4.74. The number of ether oxygens (including phenoxy) is 2. The highest BCUT2D eigenvalue weighted by atomic mass is 32.2. The molecule has 0 fully saturated rings. The van der Waals surface area contributed by atoms with Crippen LogP contribution < -0.4 is 19.1 Å². The highest BCUT2D eigenvalue weighted by Crippen LogP contribution is 2.31. The first-order valence-electron chi connectivity index (χ1n) is 10.0. The van der Waals surface area contributed by atoms with Gasteiger partial charge in [0, 0.05) is 25.2 Å². The Bertz CT molecular complexity index is 1020. The van der Waals surface area contributed by atoms with Gasteiger partial charge in [-0.25, -0.2) is 13.1 Å². The molecule has 0 radical (unpaired) electrons. The molecule has 0 unspecified atom stereocenters. The van der Waals surface area contributed by atoms with Gasteiger partial charge >= 0.3 is 0 Å². The van der Waals surface area contributed by atoms with E-state index >= 15 is 0 Å². The number of aryl methyl sites for hydroxylation is 1. The van der Waals surface area contributed by atoms with Crippen molar-refractivity contribution in [2.24, 2.45) is 0 Å². The summed E-state index contributed by atoms with van der Waals surface area (Å²) in [6.07, 6.45) is 2.46. The third-order valence-corrected chi connectivity index (χ3v) is 6.70. The number of rotatable bonds is 9. The summed E-state index contributed by atoms with van der Waals surface area (Å²) in [6.45, 7) is 2.75. The lowest BCUT2D eigenvalue weighted by Crippen LogP contribution is -2.28. The highest BCUT2D eigenvalue weighted by Gasteiger charge is 2.25. The van der Waals surface area contributed by atoms with Crippen LogP contribution in [-0.4, -0.2) is 41.6 Å². The number of methoxy groups -OCH3 is 2. The van der Waals surface area contributed by atoms with Crippen LogP contribution in [0.1, 0.15) is 30.9 Å². The Balaban J connectivity index is 1.59. The van der Waals surface area contributed by atoms with Crippen molar-refractivity contribution in [1.29, 1.82) is 0 Å². The molecule has 0 atom stereocenters. The first-order valence-corrected chi connectivity index (χ1v) is 11.5. The van der Waals surface area contributed by atoms with Crippen LogP contribution in [0.2, 0.25) is 0 Å². The van der Waals surface area contributed by atoms with E-state index in [1.54, 1.807) is 37.3 Å². The van der Waals surface area contributed by atoms with E-state index in [-0.39, 0.29) is 10.8 Å². The Labute approximate surface area is 178 Å². The number of carbonyl (C=O) groups is 1. The van der Waals surface area contributed by atoms with E-state index in [0.29, 0.717) is 50.3 Å². The average Bonchev–Trinajstić information content (AvgIpc) is 3.19. The summed E-state index contributed by atoms with van der Waals surface area (Å²) in [7, 11) is -0.426. The number of sulfonamides is 1. The molecular formula is C22H28N2O5S. The summed E-state index contributed by atoms with van der Waals surface area (Å²) in [5.41, 5.74) is 2.75. The monoisotopic (exact) mass is 432 g/mol. The molecular weight excluding hydrogens is 404 g/mol. The minimum Gasteiger partial charge on any atom is -0.493 e. The van der Waals surface area contributed by atoms with Crippen molar-refractivity contribution in [1.82, 2.24) is 4.72 Å². The van der Waals surface area contributed by atoms with Crippen molar-refractivity contribution in [3.63, 3.8) is 0 Å². The number of anilines is 1. The standard InChI is InChI=1S/C22H28N2O5S/c1-4-22(25)24-13-11-17-15-18(8-9-19(17)24)30(26,27)23-12-5-6-16-7-10-20(28-2)21(14-16)29-3/h7-10,14-15,23H,4-6,11-13H2,1-3H3. The molecule has 0 aromatic heterocycles. The predicted octanol–water partition coefficient (Wildman–Crippen LogP) is 2.91. The van der Waals surface area contributed by atoms with Crippen LogP contribution in [-0.2, 0) is 27.7 Å². The molecule has 1 N–H and O–H groups in total. The van der Waals surface area contributed by atoms with E-state index in [0.717, 1.165) is 16.8 Å². The number of nitrogens with zero attached hydrogens (tertiary/aromatic N) is 1. The second kappa shape index (κ2) is 9.49. The molecule has 0 spiro atoms. The quantitative estimate of drug-likeness (QED) is 0.616. The molecule has 0 saturated carbocycles. The van der Waals surface area contributed by atoms with E-state index in [1.165, 1.54) is 0 Å². The van der Waals surface area contributed by atoms with Crippen molar-refractivity contribution < 1.29 is 22.7 Å². The summed E-state index contributed by atoms with van der Waals surface area (Å²) < 4.78 is 38.5. The molecule has 7 nitrogen and oxygen atoms in total. The van der Waals surface area contributed by atoms with Gasteiger partial charge in [0.05, 0.1) is 19.1 Å². The van der Waals surface area contributed by atoms with Crippen molar-refractivity contribution in [2.45, 2.75) is 37.5 Å². The lowest BCUT2D eigenvalue weighted by molar-refractivity contribution is -0.118. The maximum Gasteiger partial charge on any atom is 0.240 e. The smallest absolute Gasteiger partial charge is 0.240 e. The SMILES string of the molecule is CCC(=O)N1CCc2cc(S(=O)(=O)NCCCc3ccc(OC)c(OC)c3)ccc21. The van der Waals surface area contributed by atoms with Crippen LogP contribution in [0.5, 0.6) is 11.5 Å². The number of benzene rings is 2. The molecule has 30 heavy (non-hydrogen) atoms. The molecule has 162 valence electrons. The van der Waals surface area contributed by atoms with Crippen LogP contribution in [0.25, 0.3) is 0 Å². The maximum atomic E-state index is 12.7. The van der Waals surface area contributed by atoms with Crippen molar-refractivity contribution in [3.05, 3.63) is 47.5 Å². The number of amides is 1. The topological polar surface area (TPSA) is 84.9 Å². The van der Waals surface area contributed by atoms with Gasteiger partial charge in [-0.1, -0.05) is 13.0 Å². The van der Waals surface area contributed by atoms with Crippen LogP contribution in [0.15, 0.2) is 41.3 Å². The summed E-state index contributed by atoms with van der Waals surface area (Å²) in [5, 5.41) is 0. The molecule has 1 aliphatic rings. The molecule has 2 aromatic carbocycles. The normalized spacial score (nSPS) is 13.2. The molecule has 3 rings (SSSR count). The van der Waals surface area contributed by atoms with Crippen molar-refractivity contribution >= 4 is 21.6 Å². The minimum atomic E-state index is -3.60. The fourth-order valence-electron chi connectivity index (χ4n) is 3.61. The van der Waals surface area contributed by atoms with Gasteiger partial charge in [-0.3, -0.25) is 4.79 Å². The zero-order valence-corrected chi connectivity index (χ0v) is 18.4. The zero-order chi connectivity index (χ0) is 21.7. The van der Waals surface area contributed by atoms with Gasteiger partial charge in [0.2, 0.25) is 15.9 Å². The number of fused-ring (bicyclic) bond motifs is 1.